The van der Waals surface area contributed by atoms with Crippen molar-refractivity contribution >= 4 is 28.4 Å². The zero-order valence-electron chi connectivity index (χ0n) is 14.7. The summed E-state index contributed by atoms with van der Waals surface area (Å²) in [6, 6.07) is 7.18. The van der Waals surface area contributed by atoms with Crippen LogP contribution in [0.4, 0.5) is 5.69 Å². The summed E-state index contributed by atoms with van der Waals surface area (Å²) in [5, 5.41) is 17.2. The van der Waals surface area contributed by atoms with Crippen LogP contribution in [0.1, 0.15) is 13.8 Å². The van der Waals surface area contributed by atoms with Gasteiger partial charge in [-0.3, -0.25) is 19.8 Å². The van der Waals surface area contributed by atoms with Gasteiger partial charge in [-0.2, -0.15) is 5.10 Å². The number of nitro groups is 1. The van der Waals surface area contributed by atoms with Crippen LogP contribution in [0.25, 0.3) is 22.3 Å². The lowest BCUT2D eigenvalue weighted by atomic mass is 10.1. The number of hydrogen-bond acceptors (Lipinski definition) is 6. The van der Waals surface area contributed by atoms with Gasteiger partial charge in [0.25, 0.3) is 5.69 Å². The van der Waals surface area contributed by atoms with Crippen LogP contribution < -0.4 is 0 Å². The lowest BCUT2D eigenvalue weighted by molar-refractivity contribution is -0.387. The topological polar surface area (TPSA) is 77.1 Å². The highest BCUT2D eigenvalue weighted by Crippen LogP contribution is 2.49. The number of pyridine rings is 1. The van der Waals surface area contributed by atoms with E-state index in [-0.39, 0.29) is 10.6 Å². The van der Waals surface area contributed by atoms with Crippen molar-refractivity contribution in [3.63, 3.8) is 0 Å². The molecule has 0 fully saturated rings. The molecule has 0 amide bonds. The van der Waals surface area contributed by atoms with E-state index in [0.717, 1.165) is 53.4 Å². The van der Waals surface area contributed by atoms with Gasteiger partial charge in [-0.15, -0.1) is 0 Å². The SMILES string of the molecule is CCN(CC)CCn1nc2c3c(c([N+](=O)[O-])ccc31)Sc1cccnc1-2. The van der Waals surface area contributed by atoms with Crippen LogP contribution in [0.3, 0.4) is 0 Å². The Kier molecular flexibility index (Phi) is 4.37. The normalized spacial score (nSPS) is 12.6. The van der Waals surface area contributed by atoms with E-state index in [0.29, 0.717) is 4.90 Å². The van der Waals surface area contributed by atoms with Gasteiger partial charge in [0.1, 0.15) is 16.3 Å². The summed E-state index contributed by atoms with van der Waals surface area (Å²) in [5.74, 6) is 0. The molecule has 1 aliphatic rings. The quantitative estimate of drug-likeness (QED) is 0.380. The van der Waals surface area contributed by atoms with Crippen LogP contribution in [0, 0.1) is 10.1 Å². The Bertz CT molecular complexity index is 997. The number of nitrogens with zero attached hydrogens (tertiary/aromatic N) is 5. The van der Waals surface area contributed by atoms with E-state index in [1.807, 2.05) is 22.9 Å². The van der Waals surface area contributed by atoms with Gasteiger partial charge in [-0.25, -0.2) is 0 Å². The maximum Gasteiger partial charge on any atom is 0.284 e. The van der Waals surface area contributed by atoms with Gasteiger partial charge in [0.05, 0.1) is 22.4 Å². The van der Waals surface area contributed by atoms with Crippen molar-refractivity contribution in [2.75, 3.05) is 19.6 Å². The zero-order valence-corrected chi connectivity index (χ0v) is 15.5. The van der Waals surface area contributed by atoms with Crippen molar-refractivity contribution in [1.82, 2.24) is 19.7 Å². The summed E-state index contributed by atoms with van der Waals surface area (Å²) < 4.78 is 1.96. The molecule has 3 aromatic rings. The largest absolute Gasteiger partial charge is 0.302 e. The monoisotopic (exact) mass is 369 g/mol. The molecule has 0 bridgehead atoms. The van der Waals surface area contributed by atoms with E-state index in [2.05, 4.69) is 23.7 Å². The van der Waals surface area contributed by atoms with Gasteiger partial charge in [0.2, 0.25) is 0 Å². The minimum atomic E-state index is -0.319. The van der Waals surface area contributed by atoms with Crippen LogP contribution in [0.15, 0.2) is 40.3 Å². The van der Waals surface area contributed by atoms with E-state index in [9.17, 15) is 10.1 Å². The molecule has 4 rings (SSSR count). The van der Waals surface area contributed by atoms with Crippen molar-refractivity contribution in [2.24, 2.45) is 0 Å². The third-order valence-electron chi connectivity index (χ3n) is 4.78. The van der Waals surface area contributed by atoms with Crippen molar-refractivity contribution < 1.29 is 4.92 Å². The van der Waals surface area contributed by atoms with E-state index < -0.39 is 0 Å². The van der Waals surface area contributed by atoms with Crippen molar-refractivity contribution in [1.29, 1.82) is 0 Å². The molecule has 0 unspecified atom stereocenters. The van der Waals surface area contributed by atoms with Crippen LogP contribution in [-0.4, -0.2) is 44.2 Å². The lowest BCUT2D eigenvalue weighted by Crippen LogP contribution is -2.27. The molecule has 26 heavy (non-hydrogen) atoms. The summed E-state index contributed by atoms with van der Waals surface area (Å²) >= 11 is 1.41. The van der Waals surface area contributed by atoms with Crippen LogP contribution in [-0.2, 0) is 6.54 Å². The molecule has 134 valence electrons. The van der Waals surface area contributed by atoms with Gasteiger partial charge in [0.15, 0.2) is 0 Å². The molecule has 0 atom stereocenters. The van der Waals surface area contributed by atoms with Crippen LogP contribution in [0.5, 0.6) is 0 Å². The molecular weight excluding hydrogens is 350 g/mol. The highest BCUT2D eigenvalue weighted by Gasteiger charge is 2.30. The van der Waals surface area contributed by atoms with E-state index >= 15 is 0 Å². The van der Waals surface area contributed by atoms with E-state index in [1.54, 1.807) is 12.3 Å². The molecule has 0 aliphatic carbocycles. The zero-order chi connectivity index (χ0) is 18.3. The minimum absolute atomic E-state index is 0.126. The summed E-state index contributed by atoms with van der Waals surface area (Å²) in [7, 11) is 0. The predicted molar refractivity (Wildman–Crippen MR) is 102 cm³/mol. The Morgan fingerprint density at radius 2 is 2.04 bits per heavy atom. The first-order valence-electron chi connectivity index (χ1n) is 8.67. The standard InChI is InChI=1S/C18H19N5O2S/c1-3-21(4-2)10-11-22-12-7-8-13(23(24)25)18-15(12)17(20-22)16-14(26-18)6-5-9-19-16/h5-9H,3-4,10-11H2,1-2H3. The number of rotatable bonds is 6. The summed E-state index contributed by atoms with van der Waals surface area (Å²) in [5.41, 5.74) is 2.60. The van der Waals surface area contributed by atoms with Gasteiger partial charge in [-0.1, -0.05) is 25.6 Å². The Morgan fingerprint density at radius 1 is 1.23 bits per heavy atom. The smallest absolute Gasteiger partial charge is 0.284 e. The lowest BCUT2D eigenvalue weighted by Gasteiger charge is -2.17. The number of hydrogen-bond donors (Lipinski definition) is 0. The first-order chi connectivity index (χ1) is 12.6. The average molecular weight is 369 g/mol. The highest BCUT2D eigenvalue weighted by molar-refractivity contribution is 8.00. The van der Waals surface area contributed by atoms with Gasteiger partial charge in [-0.05, 0) is 31.3 Å². The Hall–Kier alpha value is -2.45. The minimum Gasteiger partial charge on any atom is -0.302 e. The van der Waals surface area contributed by atoms with Gasteiger partial charge < -0.3 is 4.90 Å². The number of nitro benzene ring substituents is 1. The fourth-order valence-corrected chi connectivity index (χ4v) is 4.51. The summed E-state index contributed by atoms with van der Waals surface area (Å²) in [4.78, 5) is 19.6. The molecule has 0 N–H and O–H groups in total. The fraction of sp³-hybridized carbons (Fsp3) is 0.333. The Morgan fingerprint density at radius 3 is 2.77 bits per heavy atom. The highest BCUT2D eigenvalue weighted by atomic mass is 32.2. The fourth-order valence-electron chi connectivity index (χ4n) is 3.35. The Balaban J connectivity index is 1.88. The molecule has 3 heterocycles. The molecule has 0 saturated carbocycles. The maximum absolute atomic E-state index is 11.5. The van der Waals surface area contributed by atoms with Crippen molar-refractivity contribution in [2.45, 2.75) is 30.2 Å². The molecule has 7 nitrogen and oxygen atoms in total. The maximum atomic E-state index is 11.5. The second-order valence-electron chi connectivity index (χ2n) is 6.12. The molecule has 0 radical (unpaired) electrons. The number of aromatic nitrogens is 3. The summed E-state index contributed by atoms with van der Waals surface area (Å²) in [6.45, 7) is 7.88. The molecule has 0 saturated heterocycles. The second-order valence-corrected chi connectivity index (χ2v) is 7.17. The molecule has 8 heteroatoms. The van der Waals surface area contributed by atoms with Crippen molar-refractivity contribution in [3.8, 4) is 11.4 Å². The van der Waals surface area contributed by atoms with Gasteiger partial charge in [0, 0.05) is 23.7 Å². The third kappa shape index (κ3) is 2.65. The molecule has 2 aromatic heterocycles. The number of fused-ring (bicyclic) bond motifs is 2. The Labute approximate surface area is 155 Å². The summed E-state index contributed by atoms with van der Waals surface area (Å²) in [6.07, 6.45) is 1.74. The average Bonchev–Trinajstić information content (AvgIpc) is 3.03. The van der Waals surface area contributed by atoms with Crippen LogP contribution in [0.2, 0.25) is 0 Å². The van der Waals surface area contributed by atoms with E-state index in [1.165, 1.54) is 11.8 Å². The van der Waals surface area contributed by atoms with Crippen LogP contribution >= 0.6 is 11.8 Å². The third-order valence-corrected chi connectivity index (χ3v) is 5.94. The number of benzene rings is 1. The van der Waals surface area contributed by atoms with E-state index in [4.69, 9.17) is 5.10 Å². The predicted octanol–water partition coefficient (Wildman–Crippen LogP) is 3.81. The molecular formula is C18H19N5O2S. The first-order valence-corrected chi connectivity index (χ1v) is 9.49. The second kappa shape index (κ2) is 6.69. The van der Waals surface area contributed by atoms with Crippen molar-refractivity contribution in [3.05, 3.63) is 40.6 Å². The first kappa shape index (κ1) is 17.0. The molecule has 1 aliphatic heterocycles. The molecule has 1 aromatic carbocycles. The van der Waals surface area contributed by atoms with Gasteiger partial charge >= 0.3 is 0 Å². The molecule has 0 spiro atoms. The number of likely N-dealkylation sites (N-methyl/N-ethyl adjacent to an activating group) is 1.